The van der Waals surface area contributed by atoms with Crippen LogP contribution in [0.15, 0.2) is 88.4 Å². The molecule has 4 aromatic rings. The zero-order valence-electron chi connectivity index (χ0n) is 17.2. The molecule has 160 valence electrons. The van der Waals surface area contributed by atoms with Crippen molar-refractivity contribution in [2.24, 2.45) is 5.10 Å². The van der Waals surface area contributed by atoms with Crippen LogP contribution in [0.3, 0.4) is 0 Å². The molecule has 0 aliphatic rings. The van der Waals surface area contributed by atoms with Gasteiger partial charge in [-0.1, -0.05) is 46.3 Å². The van der Waals surface area contributed by atoms with E-state index in [0.29, 0.717) is 17.8 Å². The van der Waals surface area contributed by atoms with Gasteiger partial charge in [0.1, 0.15) is 5.75 Å². The van der Waals surface area contributed by atoms with Crippen molar-refractivity contribution in [3.63, 3.8) is 0 Å². The van der Waals surface area contributed by atoms with E-state index in [1.807, 2.05) is 78.9 Å². The average Bonchev–Trinajstić information content (AvgIpc) is 2.81. The first-order valence-electron chi connectivity index (χ1n) is 9.72. The largest absolute Gasteiger partial charge is 0.497 e. The van der Waals surface area contributed by atoms with Gasteiger partial charge in [-0.25, -0.2) is 5.43 Å². The third-order valence-corrected chi connectivity index (χ3v) is 4.79. The molecular formula is C23H20BrN7O. The van der Waals surface area contributed by atoms with Gasteiger partial charge in [-0.05, 0) is 54.1 Å². The maximum absolute atomic E-state index is 5.20. The van der Waals surface area contributed by atoms with Crippen LogP contribution in [0, 0.1) is 0 Å². The van der Waals surface area contributed by atoms with Crippen LogP contribution in [-0.4, -0.2) is 28.3 Å². The van der Waals surface area contributed by atoms with Crippen LogP contribution in [0.25, 0.3) is 0 Å². The van der Waals surface area contributed by atoms with E-state index < -0.39 is 0 Å². The molecule has 3 aromatic carbocycles. The average molecular weight is 490 g/mol. The maximum atomic E-state index is 5.20. The summed E-state index contributed by atoms with van der Waals surface area (Å²) in [5.74, 6) is 1.80. The number of hydrazone groups is 1. The Labute approximate surface area is 193 Å². The Bertz CT molecular complexity index is 1180. The Morgan fingerprint density at radius 2 is 1.34 bits per heavy atom. The summed E-state index contributed by atoms with van der Waals surface area (Å²) in [6.45, 7) is 0. The molecule has 0 aliphatic carbocycles. The van der Waals surface area contributed by atoms with Gasteiger partial charge in [0.15, 0.2) is 0 Å². The van der Waals surface area contributed by atoms with Gasteiger partial charge in [0.05, 0.1) is 13.3 Å². The molecule has 32 heavy (non-hydrogen) atoms. The Morgan fingerprint density at radius 3 is 1.97 bits per heavy atom. The van der Waals surface area contributed by atoms with Crippen molar-refractivity contribution in [2.75, 3.05) is 23.2 Å². The van der Waals surface area contributed by atoms with E-state index in [2.05, 4.69) is 52.0 Å². The SMILES string of the molecule is COc1ccc(Nc2nc(NN=Cc3ccc(Br)cc3)nc(Nc3ccccc3)n2)cc1. The monoisotopic (exact) mass is 489 g/mol. The number of nitrogens with zero attached hydrogens (tertiary/aromatic N) is 4. The van der Waals surface area contributed by atoms with Gasteiger partial charge >= 0.3 is 0 Å². The molecule has 9 heteroatoms. The fourth-order valence-electron chi connectivity index (χ4n) is 2.71. The number of para-hydroxylation sites is 1. The standard InChI is InChI=1S/C23H20BrN7O/c1-32-20-13-11-19(12-14-20)27-22-28-21(26-18-5-3-2-4-6-18)29-23(30-22)31-25-15-16-7-9-17(24)10-8-16/h2-15H,1H3,(H3,26,27,28,29,30,31). The number of ether oxygens (including phenoxy) is 1. The molecule has 1 heterocycles. The summed E-state index contributed by atoms with van der Waals surface area (Å²) in [6.07, 6.45) is 1.69. The van der Waals surface area contributed by atoms with Crippen molar-refractivity contribution >= 4 is 51.4 Å². The van der Waals surface area contributed by atoms with Crippen LogP contribution in [0.4, 0.5) is 29.2 Å². The Kier molecular flexibility index (Phi) is 6.88. The number of aromatic nitrogens is 3. The highest BCUT2D eigenvalue weighted by atomic mass is 79.9. The van der Waals surface area contributed by atoms with E-state index in [4.69, 9.17) is 4.74 Å². The molecule has 1 aromatic heterocycles. The first kappa shape index (κ1) is 21.3. The number of halogens is 1. The number of rotatable bonds is 8. The minimum absolute atomic E-state index is 0.294. The Morgan fingerprint density at radius 1 is 0.750 bits per heavy atom. The van der Waals surface area contributed by atoms with Crippen molar-refractivity contribution in [1.29, 1.82) is 0 Å². The molecule has 3 N–H and O–H groups in total. The van der Waals surface area contributed by atoms with E-state index in [1.54, 1.807) is 13.3 Å². The Hall–Kier alpha value is -3.98. The quantitative estimate of drug-likeness (QED) is 0.219. The van der Waals surface area contributed by atoms with Gasteiger partial charge in [0.2, 0.25) is 17.8 Å². The van der Waals surface area contributed by atoms with Gasteiger partial charge in [0, 0.05) is 15.8 Å². The van der Waals surface area contributed by atoms with Gasteiger partial charge in [-0.3, -0.25) is 0 Å². The van der Waals surface area contributed by atoms with E-state index in [1.165, 1.54) is 0 Å². The lowest BCUT2D eigenvalue weighted by molar-refractivity contribution is 0.415. The molecule has 0 saturated carbocycles. The first-order chi connectivity index (χ1) is 15.7. The van der Waals surface area contributed by atoms with Crippen molar-refractivity contribution in [2.45, 2.75) is 0 Å². The summed E-state index contributed by atoms with van der Waals surface area (Å²) in [5, 5.41) is 10.6. The third-order valence-electron chi connectivity index (χ3n) is 4.26. The highest BCUT2D eigenvalue weighted by Crippen LogP contribution is 2.20. The molecule has 4 rings (SSSR count). The first-order valence-corrected chi connectivity index (χ1v) is 10.5. The third kappa shape index (κ3) is 6.02. The van der Waals surface area contributed by atoms with Gasteiger partial charge in [-0.15, -0.1) is 0 Å². The molecule has 0 unspecified atom stereocenters. The zero-order chi connectivity index (χ0) is 22.2. The van der Waals surface area contributed by atoms with Crippen molar-refractivity contribution < 1.29 is 4.74 Å². The van der Waals surface area contributed by atoms with Crippen molar-refractivity contribution in [3.8, 4) is 5.75 Å². The van der Waals surface area contributed by atoms with Crippen LogP contribution < -0.4 is 20.8 Å². The molecular weight excluding hydrogens is 470 g/mol. The number of nitrogens with one attached hydrogen (secondary N) is 3. The van der Waals surface area contributed by atoms with Gasteiger partial charge in [-0.2, -0.15) is 20.1 Å². The van der Waals surface area contributed by atoms with Crippen molar-refractivity contribution in [1.82, 2.24) is 15.0 Å². The molecule has 0 fully saturated rings. The second-order valence-electron chi connectivity index (χ2n) is 6.57. The predicted molar refractivity (Wildman–Crippen MR) is 131 cm³/mol. The lowest BCUT2D eigenvalue weighted by atomic mass is 10.2. The Balaban J connectivity index is 1.56. The number of methoxy groups -OCH3 is 1. The topological polar surface area (TPSA) is 96.4 Å². The van der Waals surface area contributed by atoms with Crippen LogP contribution in [0.1, 0.15) is 5.56 Å². The fourth-order valence-corrected chi connectivity index (χ4v) is 2.97. The number of benzene rings is 3. The highest BCUT2D eigenvalue weighted by Gasteiger charge is 2.08. The second-order valence-corrected chi connectivity index (χ2v) is 7.49. The molecule has 0 aliphatic heterocycles. The number of hydrogen-bond acceptors (Lipinski definition) is 8. The second kappa shape index (κ2) is 10.4. The van der Waals surface area contributed by atoms with Crippen LogP contribution in [0.2, 0.25) is 0 Å². The highest BCUT2D eigenvalue weighted by molar-refractivity contribution is 9.10. The molecule has 0 saturated heterocycles. The minimum Gasteiger partial charge on any atom is -0.497 e. The van der Waals surface area contributed by atoms with Crippen LogP contribution in [0.5, 0.6) is 5.75 Å². The van der Waals surface area contributed by atoms with Gasteiger partial charge in [0.25, 0.3) is 0 Å². The minimum atomic E-state index is 0.294. The van der Waals surface area contributed by atoms with E-state index in [9.17, 15) is 0 Å². The summed E-state index contributed by atoms with van der Waals surface area (Å²) in [6, 6.07) is 24.9. The number of anilines is 5. The summed E-state index contributed by atoms with van der Waals surface area (Å²) in [4.78, 5) is 13.3. The smallest absolute Gasteiger partial charge is 0.250 e. The summed E-state index contributed by atoms with van der Waals surface area (Å²) >= 11 is 3.42. The molecule has 0 amide bonds. The maximum Gasteiger partial charge on any atom is 0.250 e. The van der Waals surface area contributed by atoms with Crippen LogP contribution >= 0.6 is 15.9 Å². The summed E-state index contributed by atoms with van der Waals surface area (Å²) < 4.78 is 6.21. The van der Waals surface area contributed by atoms with E-state index in [0.717, 1.165) is 27.2 Å². The molecule has 0 atom stereocenters. The van der Waals surface area contributed by atoms with E-state index in [-0.39, 0.29) is 0 Å². The predicted octanol–water partition coefficient (Wildman–Crippen LogP) is 5.58. The summed E-state index contributed by atoms with van der Waals surface area (Å²) in [5.41, 5.74) is 5.48. The fraction of sp³-hybridized carbons (Fsp3) is 0.0435. The molecule has 8 nitrogen and oxygen atoms in total. The molecule has 0 spiro atoms. The molecule has 0 radical (unpaired) electrons. The normalized spacial score (nSPS) is 10.7. The van der Waals surface area contributed by atoms with E-state index >= 15 is 0 Å². The van der Waals surface area contributed by atoms with Crippen molar-refractivity contribution in [3.05, 3.63) is 88.9 Å². The summed E-state index contributed by atoms with van der Waals surface area (Å²) in [7, 11) is 1.63. The van der Waals surface area contributed by atoms with Crippen LogP contribution in [-0.2, 0) is 0 Å². The lowest BCUT2D eigenvalue weighted by Crippen LogP contribution is -2.07. The lowest BCUT2D eigenvalue weighted by Gasteiger charge is -2.10. The zero-order valence-corrected chi connectivity index (χ0v) is 18.7. The van der Waals surface area contributed by atoms with Gasteiger partial charge < -0.3 is 15.4 Å². The number of hydrogen-bond donors (Lipinski definition) is 3. The molecule has 0 bridgehead atoms.